The van der Waals surface area contributed by atoms with E-state index in [0.29, 0.717) is 39.7 Å². The van der Waals surface area contributed by atoms with Crippen LogP contribution in [0.15, 0.2) is 170 Å². The molecule has 0 radical (unpaired) electrons. The van der Waals surface area contributed by atoms with Crippen LogP contribution in [0.1, 0.15) is 130 Å². The lowest BCUT2D eigenvalue weighted by Crippen LogP contribution is -2.18. The van der Waals surface area contributed by atoms with E-state index in [-0.39, 0.29) is 5.52 Å². The van der Waals surface area contributed by atoms with Crippen LogP contribution >= 0.6 is 0 Å². The molecule has 0 aliphatic rings. The van der Waals surface area contributed by atoms with Gasteiger partial charge in [-0.05, 0) is 126 Å². The van der Waals surface area contributed by atoms with Crippen molar-refractivity contribution in [2.24, 2.45) is 0 Å². The molecular formula is C64H65N3O. The molecule has 9 aromatic rings. The Bertz CT molecular complexity index is 3920. The zero-order valence-electron chi connectivity index (χ0n) is 57.0. The third-order valence-corrected chi connectivity index (χ3v) is 12.5. The quantitative estimate of drug-likeness (QED) is 0.173. The van der Waals surface area contributed by atoms with E-state index in [0.717, 1.165) is 50.6 Å². The van der Waals surface area contributed by atoms with E-state index in [1.54, 1.807) is 35.0 Å². The monoisotopic (exact) mass is 910 g/mol. The summed E-state index contributed by atoms with van der Waals surface area (Å²) in [6.45, 7) is -12.5. The van der Waals surface area contributed by atoms with Crippen LogP contribution in [0.25, 0.3) is 83.9 Å². The molecule has 0 aliphatic heterocycles. The van der Waals surface area contributed by atoms with Crippen LogP contribution in [0.4, 0.5) is 0 Å². The first-order chi connectivity index (χ1) is 39.6. The predicted molar refractivity (Wildman–Crippen MR) is 288 cm³/mol. The lowest BCUT2D eigenvalue weighted by atomic mass is 9.78. The summed E-state index contributed by atoms with van der Waals surface area (Å²) in [4.78, 5) is 10.1. The predicted octanol–water partition coefficient (Wildman–Crippen LogP) is 17.3. The van der Waals surface area contributed by atoms with Gasteiger partial charge in [-0.15, -0.1) is 0 Å². The fraction of sp³-hybridized carbons (Fsp3) is 0.250. The van der Waals surface area contributed by atoms with Crippen molar-refractivity contribution in [1.82, 2.24) is 14.5 Å². The summed E-state index contributed by atoms with van der Waals surface area (Å²) >= 11 is 0. The molecule has 68 heavy (non-hydrogen) atoms. The molecule has 0 atom stereocenters. The highest BCUT2D eigenvalue weighted by atomic mass is 16.3. The Morgan fingerprint density at radius 1 is 0.441 bits per heavy atom. The fourth-order valence-electron chi connectivity index (χ4n) is 8.82. The summed E-state index contributed by atoms with van der Waals surface area (Å²) in [6.07, 6.45) is 1.73. The topological polar surface area (TPSA) is 50.9 Å². The van der Waals surface area contributed by atoms with Crippen LogP contribution in [0.3, 0.4) is 0 Å². The Morgan fingerprint density at radius 2 is 1.01 bits per heavy atom. The van der Waals surface area contributed by atoms with E-state index in [1.807, 2.05) is 124 Å². The number of aromatic hydroxyl groups is 1. The van der Waals surface area contributed by atoms with Gasteiger partial charge in [-0.2, -0.15) is 0 Å². The zero-order chi connectivity index (χ0) is 63.3. The number of fused-ring (bicyclic) bond motifs is 1. The van der Waals surface area contributed by atoms with Crippen molar-refractivity contribution in [1.29, 1.82) is 0 Å². The first-order valence-electron chi connectivity index (χ1n) is 31.5. The van der Waals surface area contributed by atoms with Crippen molar-refractivity contribution >= 4 is 11.0 Å². The van der Waals surface area contributed by atoms with E-state index >= 15 is 0 Å². The molecule has 342 valence electrons. The highest BCUT2D eigenvalue weighted by molar-refractivity contribution is 5.97. The second kappa shape index (κ2) is 17.2. The van der Waals surface area contributed by atoms with E-state index < -0.39 is 91.0 Å². The van der Waals surface area contributed by atoms with Gasteiger partial charge in [0.15, 0.2) is 0 Å². The maximum Gasteiger partial charge on any atom is 0.149 e. The SMILES string of the molecule is [2H]C([2H])([2H])C(c1cc(-c2nc3c(-c4cc(-c5cc(-c6ccc(-c7ccccc7)cc6)ccn5)cc(C(C)(C)C)c4)cccc3n2-c2ccc(-c3ccccc3)cc2C(C)(C)C)c(O)c(C(C([2H])([2H])[2H])(C([2H])([2H])[2H])C([2H])([2H])[2H])c1)(C([2H])([2H])[2H])C([2H])([2H])[2H]. The number of phenols is 1. The van der Waals surface area contributed by atoms with Gasteiger partial charge in [0.1, 0.15) is 11.6 Å². The second-order valence-corrected chi connectivity index (χ2v) is 19.6. The maximum absolute atomic E-state index is 13.1. The highest BCUT2D eigenvalue weighted by Gasteiger charge is 2.31. The van der Waals surface area contributed by atoms with Crippen LogP contribution in [0.5, 0.6) is 5.75 Å². The molecular weight excluding hydrogens is 827 g/mol. The molecule has 0 aliphatic carbocycles. The number of pyridine rings is 1. The van der Waals surface area contributed by atoms with E-state index in [9.17, 15) is 5.11 Å². The number of para-hydroxylation sites is 1. The summed E-state index contributed by atoms with van der Waals surface area (Å²) in [5.41, 5.74) is -2.39. The molecule has 4 heteroatoms. The average molecular weight is 910 g/mol. The van der Waals surface area contributed by atoms with Gasteiger partial charge in [0.05, 0.1) is 28.0 Å². The Hall–Kier alpha value is -7.04. The normalized spacial score (nSPS) is 17.5. The number of benzene rings is 7. The number of hydrogen-bond acceptors (Lipinski definition) is 3. The van der Waals surface area contributed by atoms with Crippen LogP contribution < -0.4 is 0 Å². The van der Waals surface area contributed by atoms with Crippen molar-refractivity contribution < 1.29 is 29.8 Å². The molecule has 0 fully saturated rings. The third kappa shape index (κ3) is 9.05. The van der Waals surface area contributed by atoms with E-state index in [4.69, 9.17) is 34.6 Å². The van der Waals surface area contributed by atoms with Gasteiger partial charge in [-0.3, -0.25) is 9.55 Å². The highest BCUT2D eigenvalue weighted by Crippen LogP contribution is 2.46. The van der Waals surface area contributed by atoms with Gasteiger partial charge in [0.2, 0.25) is 0 Å². The number of rotatable bonds is 7. The lowest BCUT2D eigenvalue weighted by Gasteiger charge is -2.28. The van der Waals surface area contributed by atoms with Gasteiger partial charge in [-0.25, -0.2) is 4.98 Å². The summed E-state index contributed by atoms with van der Waals surface area (Å²) in [6, 6.07) is 49.5. The molecule has 2 aromatic heterocycles. The minimum absolute atomic E-state index is 0.195. The van der Waals surface area contributed by atoms with Crippen LogP contribution in [-0.4, -0.2) is 19.6 Å². The van der Waals surface area contributed by atoms with Crippen molar-refractivity contribution in [2.75, 3.05) is 0 Å². The maximum atomic E-state index is 13.1. The summed E-state index contributed by atoms with van der Waals surface area (Å²) in [5.74, 6) is -1.74. The molecule has 9 rings (SSSR count). The van der Waals surface area contributed by atoms with E-state index in [2.05, 4.69) is 45.0 Å². The molecule has 0 spiro atoms. The van der Waals surface area contributed by atoms with Crippen LogP contribution in [0, 0.1) is 0 Å². The van der Waals surface area contributed by atoms with Crippen LogP contribution in [-0.2, 0) is 21.7 Å². The van der Waals surface area contributed by atoms with Crippen molar-refractivity contribution in [2.45, 2.75) is 104 Å². The van der Waals surface area contributed by atoms with Gasteiger partial charge < -0.3 is 5.11 Å². The first kappa shape index (κ1) is 29.0. The Kier molecular flexibility index (Phi) is 7.35. The number of hydrogen-bond donors (Lipinski definition) is 1. The molecule has 7 aromatic carbocycles. The lowest BCUT2D eigenvalue weighted by molar-refractivity contribution is 0.446. The molecule has 1 N–H and O–H groups in total. The Balaban J connectivity index is 1.43. The third-order valence-electron chi connectivity index (χ3n) is 12.5. The van der Waals surface area contributed by atoms with Gasteiger partial charge >= 0.3 is 0 Å². The van der Waals surface area contributed by atoms with Gasteiger partial charge in [0, 0.05) is 47.6 Å². The van der Waals surface area contributed by atoms with E-state index in [1.165, 1.54) is 0 Å². The van der Waals surface area contributed by atoms with Gasteiger partial charge in [0.25, 0.3) is 0 Å². The summed E-state index contributed by atoms with van der Waals surface area (Å²) < 4.78 is 160. The minimum atomic E-state index is -4.14. The number of imidazole rings is 1. The van der Waals surface area contributed by atoms with Crippen LogP contribution in [0.2, 0.25) is 0 Å². The summed E-state index contributed by atoms with van der Waals surface area (Å²) in [7, 11) is 0. The van der Waals surface area contributed by atoms with Crippen molar-refractivity contribution in [3.8, 4) is 78.6 Å². The molecule has 4 nitrogen and oxygen atoms in total. The minimum Gasteiger partial charge on any atom is -0.507 e. The molecule has 0 bridgehead atoms. The molecule has 2 heterocycles. The molecule has 0 amide bonds. The standard InChI is InChI=1S/C64H65N3O/c1-61(2,3)49-35-47(34-48(36-49)55-38-46(32-33-65-55)44-28-26-43(27-29-44)41-20-15-13-16-21-41)51-24-19-25-57-58(51)66-60(52-39-50(62(4,5)6)40-54(59(52)68)64(10,11)12)67(57)56-31-30-45(37-53(56)63(7,8)9)42-22-17-14-18-23-42/h13-40,68H,1-12H3/i4D3,5D3,6D3,10D3,11D3,12D3. The average Bonchev–Trinajstić information content (AvgIpc) is 0.765. The van der Waals surface area contributed by atoms with Gasteiger partial charge in [-0.1, -0.05) is 198 Å². The van der Waals surface area contributed by atoms with Crippen molar-refractivity contribution in [3.05, 3.63) is 192 Å². The zero-order valence-corrected chi connectivity index (χ0v) is 39.0. The molecule has 0 saturated heterocycles. The summed E-state index contributed by atoms with van der Waals surface area (Å²) in [5, 5.41) is 13.1. The largest absolute Gasteiger partial charge is 0.507 e. The second-order valence-electron chi connectivity index (χ2n) is 19.6. The fourth-order valence-corrected chi connectivity index (χ4v) is 8.82. The molecule has 0 saturated carbocycles. The smallest absolute Gasteiger partial charge is 0.149 e. The van der Waals surface area contributed by atoms with Crippen molar-refractivity contribution in [3.63, 3.8) is 0 Å². The number of phenolic OH excluding ortho intramolecular Hbond substituents is 1. The number of aromatic nitrogens is 3. The Morgan fingerprint density at radius 3 is 1.65 bits per heavy atom. The number of nitrogens with zero attached hydrogens (tertiary/aromatic N) is 3. The molecule has 0 unspecified atom stereocenters. The Labute approximate surface area is 429 Å². The first-order valence-corrected chi connectivity index (χ1v) is 22.5.